The number of esters is 3. The van der Waals surface area contributed by atoms with Gasteiger partial charge < -0.3 is 14.2 Å². The summed E-state index contributed by atoms with van der Waals surface area (Å²) in [7, 11) is 0. The van der Waals surface area contributed by atoms with Gasteiger partial charge in [0, 0.05) is 19.3 Å². The van der Waals surface area contributed by atoms with Crippen LogP contribution in [0.1, 0.15) is 335 Å². The molecule has 0 amide bonds. The van der Waals surface area contributed by atoms with Crippen LogP contribution in [0.5, 0.6) is 0 Å². The number of rotatable bonds is 63. The summed E-state index contributed by atoms with van der Waals surface area (Å²) in [6.07, 6.45) is 95.6. The van der Waals surface area contributed by atoms with Crippen LogP contribution in [0.2, 0.25) is 0 Å². The molecule has 0 aromatic heterocycles. The molecule has 0 aliphatic rings. The first-order valence-electron chi connectivity index (χ1n) is 34.9. The van der Waals surface area contributed by atoms with E-state index in [0.717, 1.165) is 122 Å². The number of unbranched alkanes of at least 4 members (excludes halogenated alkanes) is 34. The Morgan fingerprint density at radius 3 is 0.780 bits per heavy atom. The lowest BCUT2D eigenvalue weighted by Gasteiger charge is -2.18. The fraction of sp³-hybridized carbons (Fsp3) is 0.724. The van der Waals surface area contributed by atoms with E-state index in [2.05, 4.69) is 130 Å². The van der Waals surface area contributed by atoms with Gasteiger partial charge in [0.15, 0.2) is 6.10 Å². The second-order valence-electron chi connectivity index (χ2n) is 23.1. The van der Waals surface area contributed by atoms with Crippen molar-refractivity contribution in [1.29, 1.82) is 0 Å². The van der Waals surface area contributed by atoms with Crippen molar-refractivity contribution in [2.45, 2.75) is 341 Å². The zero-order valence-corrected chi connectivity index (χ0v) is 54.0. The smallest absolute Gasteiger partial charge is 0.306 e. The van der Waals surface area contributed by atoms with Crippen molar-refractivity contribution < 1.29 is 28.6 Å². The summed E-state index contributed by atoms with van der Waals surface area (Å²) in [6.45, 7) is 6.48. The maximum absolute atomic E-state index is 12.9. The highest BCUT2D eigenvalue weighted by molar-refractivity contribution is 5.71. The lowest BCUT2D eigenvalue weighted by atomic mass is 10.0. The highest BCUT2D eigenvalue weighted by Gasteiger charge is 2.19. The average Bonchev–Trinajstić information content (AvgIpc) is 3.47. The molecule has 0 saturated carbocycles. The molecule has 470 valence electrons. The topological polar surface area (TPSA) is 78.9 Å². The molecule has 1 atom stereocenters. The molecular formula is C76H130O6. The number of hydrogen-bond acceptors (Lipinski definition) is 6. The first kappa shape index (κ1) is 78.1. The van der Waals surface area contributed by atoms with Gasteiger partial charge in [-0.15, -0.1) is 0 Å². The van der Waals surface area contributed by atoms with Crippen LogP contribution in [-0.4, -0.2) is 37.2 Å². The number of hydrogen-bond donors (Lipinski definition) is 0. The molecule has 6 nitrogen and oxygen atoms in total. The largest absolute Gasteiger partial charge is 0.462 e. The van der Waals surface area contributed by atoms with E-state index in [1.165, 1.54) is 173 Å². The molecule has 0 heterocycles. The van der Waals surface area contributed by atoms with Crippen LogP contribution >= 0.6 is 0 Å². The quantitative estimate of drug-likeness (QED) is 0.0261. The van der Waals surface area contributed by atoms with Crippen LogP contribution in [0.3, 0.4) is 0 Å². The van der Waals surface area contributed by atoms with E-state index in [1.54, 1.807) is 0 Å². The Bertz CT molecular complexity index is 1640. The van der Waals surface area contributed by atoms with Crippen molar-refractivity contribution in [2.75, 3.05) is 13.2 Å². The maximum atomic E-state index is 12.9. The van der Waals surface area contributed by atoms with E-state index in [9.17, 15) is 14.4 Å². The summed E-state index contributed by atoms with van der Waals surface area (Å²) in [4.78, 5) is 38.3. The molecule has 82 heavy (non-hydrogen) atoms. The van der Waals surface area contributed by atoms with Gasteiger partial charge in [0.05, 0.1) is 0 Å². The third-order valence-electron chi connectivity index (χ3n) is 15.0. The van der Waals surface area contributed by atoms with Gasteiger partial charge in [-0.05, 0) is 128 Å². The Labute approximate surface area is 508 Å². The van der Waals surface area contributed by atoms with Crippen LogP contribution in [0.15, 0.2) is 109 Å². The van der Waals surface area contributed by atoms with E-state index in [-0.39, 0.29) is 31.1 Å². The van der Waals surface area contributed by atoms with Crippen LogP contribution in [0, 0.1) is 0 Å². The predicted octanol–water partition coefficient (Wildman–Crippen LogP) is 24.2. The molecule has 0 aromatic rings. The van der Waals surface area contributed by atoms with Gasteiger partial charge >= 0.3 is 17.9 Å². The zero-order chi connectivity index (χ0) is 59.2. The van der Waals surface area contributed by atoms with Crippen molar-refractivity contribution in [2.24, 2.45) is 0 Å². The molecule has 6 heteroatoms. The normalized spacial score (nSPS) is 12.8. The molecule has 0 rings (SSSR count). The Morgan fingerprint density at radius 1 is 0.256 bits per heavy atom. The van der Waals surface area contributed by atoms with Crippen LogP contribution in [0.4, 0.5) is 0 Å². The Kier molecular flexibility index (Phi) is 66.2. The molecular weight excluding hydrogens is 1010 g/mol. The van der Waals surface area contributed by atoms with Crippen LogP contribution in [-0.2, 0) is 28.6 Å². The minimum Gasteiger partial charge on any atom is -0.462 e. The zero-order valence-electron chi connectivity index (χ0n) is 54.0. The molecule has 0 aromatic carbocycles. The molecule has 0 radical (unpaired) electrons. The molecule has 1 unspecified atom stereocenters. The molecule has 0 spiro atoms. The summed E-state index contributed by atoms with van der Waals surface area (Å²) >= 11 is 0. The lowest BCUT2D eigenvalue weighted by Crippen LogP contribution is -2.30. The van der Waals surface area contributed by atoms with E-state index < -0.39 is 6.10 Å². The minimum absolute atomic E-state index is 0.0957. The fourth-order valence-corrected chi connectivity index (χ4v) is 9.77. The highest BCUT2D eigenvalue weighted by Crippen LogP contribution is 2.17. The number of carbonyl (C=O) groups excluding carboxylic acids is 3. The van der Waals surface area contributed by atoms with E-state index in [4.69, 9.17) is 14.2 Å². The molecule has 0 N–H and O–H groups in total. The number of allylic oxidation sites excluding steroid dienone is 18. The second kappa shape index (κ2) is 69.6. The van der Waals surface area contributed by atoms with Crippen molar-refractivity contribution in [3.8, 4) is 0 Å². The maximum Gasteiger partial charge on any atom is 0.306 e. The third kappa shape index (κ3) is 66.9. The monoisotopic (exact) mass is 1140 g/mol. The predicted molar refractivity (Wildman–Crippen MR) is 357 cm³/mol. The molecule has 0 saturated heterocycles. The van der Waals surface area contributed by atoms with Gasteiger partial charge in [-0.1, -0.05) is 297 Å². The van der Waals surface area contributed by atoms with E-state index >= 15 is 0 Å². The van der Waals surface area contributed by atoms with E-state index in [1.807, 2.05) is 0 Å². The highest BCUT2D eigenvalue weighted by atomic mass is 16.6. The van der Waals surface area contributed by atoms with E-state index in [0.29, 0.717) is 19.3 Å². The van der Waals surface area contributed by atoms with Crippen LogP contribution < -0.4 is 0 Å². The SMILES string of the molecule is CC/C=C\C/C=C\C/C=C\C/C=C\CCCCC(=O)OCC(COC(=O)CCCCCCCCCCCCCCCCCCCC/C=C\C/C=C\C/C=C\CCCCCCC)OC(=O)CCCCCCC/C=C\C/C=C\CCCCCC. The first-order valence-corrected chi connectivity index (χ1v) is 34.9. The van der Waals surface area contributed by atoms with Gasteiger partial charge in [-0.25, -0.2) is 0 Å². The Hall–Kier alpha value is -3.93. The minimum atomic E-state index is -0.804. The summed E-state index contributed by atoms with van der Waals surface area (Å²) in [5.74, 6) is -0.943. The standard InChI is InChI=1S/C76H130O6/c1-4-7-10-13-16-19-22-25-28-30-31-32-33-34-35-36-37-38-39-40-41-42-43-44-45-46-49-51-54-57-60-63-66-69-75(78)81-72-73(71-80-74(77)68-65-62-59-56-53-50-47-27-24-21-18-15-12-9-6-3)82-76(79)70-67-64-61-58-55-52-48-29-26-23-20-17-14-11-8-5-2/h9,12,18,20-23,25,27,29-31,33-34,47-48,53,56,73H,4-8,10-11,13-17,19,24,26,28,32,35-46,49-52,54-55,57-72H2,1-3H3/b12-9-,21-18-,23-20-,25-22-,31-30-,34-33-,47-27-,48-29-,56-53-. The van der Waals surface area contributed by atoms with Crippen molar-refractivity contribution in [3.05, 3.63) is 109 Å². The fourth-order valence-electron chi connectivity index (χ4n) is 9.77. The molecule has 0 aliphatic carbocycles. The second-order valence-corrected chi connectivity index (χ2v) is 23.1. The molecule has 0 aliphatic heterocycles. The van der Waals surface area contributed by atoms with Gasteiger partial charge in [0.1, 0.15) is 13.2 Å². The molecule has 0 bridgehead atoms. The van der Waals surface area contributed by atoms with Crippen molar-refractivity contribution in [3.63, 3.8) is 0 Å². The Balaban J connectivity index is 4.22. The number of carbonyl (C=O) groups is 3. The third-order valence-corrected chi connectivity index (χ3v) is 15.0. The first-order chi connectivity index (χ1) is 40.5. The van der Waals surface area contributed by atoms with Crippen LogP contribution in [0.25, 0.3) is 0 Å². The van der Waals surface area contributed by atoms with Crippen molar-refractivity contribution >= 4 is 17.9 Å². The summed E-state index contributed by atoms with van der Waals surface area (Å²) < 4.78 is 16.9. The van der Waals surface area contributed by atoms with Crippen molar-refractivity contribution in [1.82, 2.24) is 0 Å². The van der Waals surface area contributed by atoms with Gasteiger partial charge in [-0.3, -0.25) is 14.4 Å². The number of ether oxygens (including phenoxy) is 3. The molecule has 0 fully saturated rings. The van der Waals surface area contributed by atoms with Gasteiger partial charge in [-0.2, -0.15) is 0 Å². The average molecular weight is 1140 g/mol. The van der Waals surface area contributed by atoms with Gasteiger partial charge in [0.2, 0.25) is 0 Å². The Morgan fingerprint density at radius 2 is 0.476 bits per heavy atom. The summed E-state index contributed by atoms with van der Waals surface area (Å²) in [6, 6.07) is 0. The van der Waals surface area contributed by atoms with Gasteiger partial charge in [0.25, 0.3) is 0 Å². The lowest BCUT2D eigenvalue weighted by molar-refractivity contribution is -0.167. The summed E-state index contributed by atoms with van der Waals surface area (Å²) in [5, 5.41) is 0. The summed E-state index contributed by atoms with van der Waals surface area (Å²) in [5.41, 5.74) is 0.